The molecule has 0 bridgehead atoms. The second-order valence-electron chi connectivity index (χ2n) is 6.78. The molecule has 3 aromatic heterocycles. The van der Waals surface area contributed by atoms with Crippen LogP contribution in [-0.4, -0.2) is 20.7 Å². The number of halogens is 2. The largest absolute Gasteiger partial charge is 0.345 e. The van der Waals surface area contributed by atoms with Crippen molar-refractivity contribution in [3.05, 3.63) is 80.5 Å². The molecule has 0 aliphatic heterocycles. The number of nitrogens with one attached hydrogen (secondary N) is 1. The van der Waals surface area contributed by atoms with Crippen molar-refractivity contribution < 1.29 is 4.79 Å². The van der Waals surface area contributed by atoms with Gasteiger partial charge in [0.25, 0.3) is 5.91 Å². The summed E-state index contributed by atoms with van der Waals surface area (Å²) in [5, 5.41) is 9.83. The predicted molar refractivity (Wildman–Crippen MR) is 118 cm³/mol. The van der Waals surface area contributed by atoms with Crippen LogP contribution in [0.5, 0.6) is 0 Å². The number of aromatic nitrogens is 3. The highest BCUT2D eigenvalue weighted by Crippen LogP contribution is 2.30. The van der Waals surface area contributed by atoms with E-state index in [0.717, 1.165) is 27.0 Å². The van der Waals surface area contributed by atoms with E-state index in [-0.39, 0.29) is 11.9 Å². The zero-order chi connectivity index (χ0) is 20.5. The summed E-state index contributed by atoms with van der Waals surface area (Å²) in [6.07, 6.45) is 3.44. The lowest BCUT2D eigenvalue weighted by molar-refractivity contribution is 0.0944. The normalized spacial score (nSPS) is 12.3. The lowest BCUT2D eigenvalue weighted by atomic mass is 10.1. The van der Waals surface area contributed by atoms with Crippen LogP contribution in [0.15, 0.2) is 48.8 Å². The highest BCUT2D eigenvalue weighted by atomic mass is 35.5. The van der Waals surface area contributed by atoms with Gasteiger partial charge in [-0.3, -0.25) is 14.5 Å². The number of carbonyl (C=O) groups is 1. The van der Waals surface area contributed by atoms with Crippen molar-refractivity contribution in [2.75, 3.05) is 0 Å². The minimum absolute atomic E-state index is 0.106. The molecule has 1 unspecified atom stereocenters. The molecule has 0 spiro atoms. The van der Waals surface area contributed by atoms with Crippen LogP contribution in [0.4, 0.5) is 0 Å². The molecule has 1 amide bonds. The average molecular weight is 445 g/mol. The van der Waals surface area contributed by atoms with Crippen LogP contribution in [0, 0.1) is 6.92 Å². The summed E-state index contributed by atoms with van der Waals surface area (Å²) in [5.41, 5.74) is 2.81. The van der Waals surface area contributed by atoms with Gasteiger partial charge in [0.05, 0.1) is 23.2 Å². The monoisotopic (exact) mass is 444 g/mol. The first-order valence-corrected chi connectivity index (χ1v) is 10.6. The fourth-order valence-corrected chi connectivity index (χ4v) is 4.68. The van der Waals surface area contributed by atoms with E-state index in [9.17, 15) is 4.79 Å². The van der Waals surface area contributed by atoms with Crippen molar-refractivity contribution in [2.24, 2.45) is 0 Å². The van der Waals surface area contributed by atoms with Crippen LogP contribution < -0.4 is 5.32 Å². The van der Waals surface area contributed by atoms with Crippen LogP contribution >= 0.6 is 34.5 Å². The quantitative estimate of drug-likeness (QED) is 0.432. The number of nitrogens with zero attached hydrogens (tertiary/aromatic N) is 3. The number of thiophene rings is 1. The molecule has 0 saturated carbocycles. The second kappa shape index (κ2) is 8.14. The number of hydrogen-bond acceptors (Lipinski definition) is 4. The number of aryl methyl sites for hydroxylation is 1. The Labute approximate surface area is 182 Å². The maximum absolute atomic E-state index is 12.8. The second-order valence-corrected chi connectivity index (χ2v) is 8.66. The molecular formula is C21H18Cl2N4OS. The molecule has 1 aromatic carbocycles. The van der Waals surface area contributed by atoms with Gasteiger partial charge < -0.3 is 5.32 Å². The van der Waals surface area contributed by atoms with Crippen LogP contribution in [0.25, 0.3) is 10.2 Å². The van der Waals surface area contributed by atoms with Gasteiger partial charge >= 0.3 is 0 Å². The summed E-state index contributed by atoms with van der Waals surface area (Å²) in [7, 11) is 0. The third-order valence-corrected chi connectivity index (χ3v) is 6.45. The summed E-state index contributed by atoms with van der Waals surface area (Å²) in [6.45, 7) is 4.40. The SMILES string of the molecule is Cc1nn(Cc2ccc(Cl)cc2Cl)c2sc(C(=O)NC(C)c3ccncc3)cc12. The molecule has 1 N–H and O–H groups in total. The minimum atomic E-state index is -0.110. The number of amides is 1. The van der Waals surface area contributed by atoms with E-state index in [1.165, 1.54) is 11.3 Å². The molecule has 5 nitrogen and oxygen atoms in total. The van der Waals surface area contributed by atoms with Gasteiger partial charge in [-0.1, -0.05) is 29.3 Å². The maximum Gasteiger partial charge on any atom is 0.261 e. The summed E-state index contributed by atoms with van der Waals surface area (Å²) in [6, 6.07) is 11.0. The van der Waals surface area contributed by atoms with Crippen molar-refractivity contribution in [3.8, 4) is 0 Å². The molecule has 0 aliphatic carbocycles. The Balaban J connectivity index is 1.59. The van der Waals surface area contributed by atoms with Gasteiger partial charge in [-0.15, -0.1) is 11.3 Å². The summed E-state index contributed by atoms with van der Waals surface area (Å²) in [5.74, 6) is -0.106. The zero-order valence-electron chi connectivity index (χ0n) is 15.8. The zero-order valence-corrected chi connectivity index (χ0v) is 18.1. The first kappa shape index (κ1) is 19.9. The van der Waals surface area contributed by atoms with Gasteiger partial charge in [0.2, 0.25) is 0 Å². The van der Waals surface area contributed by atoms with Crippen LogP contribution in [0.1, 0.15) is 39.5 Å². The Morgan fingerprint density at radius 1 is 1.21 bits per heavy atom. The van der Waals surface area contributed by atoms with Crippen LogP contribution in [0.3, 0.4) is 0 Å². The molecule has 0 fully saturated rings. The van der Waals surface area contributed by atoms with Crippen LogP contribution in [0.2, 0.25) is 10.0 Å². The van der Waals surface area contributed by atoms with Crippen LogP contribution in [-0.2, 0) is 6.54 Å². The smallest absolute Gasteiger partial charge is 0.261 e. The van der Waals surface area contributed by atoms with E-state index in [1.807, 2.05) is 48.9 Å². The first-order chi connectivity index (χ1) is 13.9. The lowest BCUT2D eigenvalue weighted by Crippen LogP contribution is -2.25. The highest BCUT2D eigenvalue weighted by molar-refractivity contribution is 7.20. The van der Waals surface area contributed by atoms with Crippen molar-refractivity contribution in [1.82, 2.24) is 20.1 Å². The summed E-state index contributed by atoms with van der Waals surface area (Å²) >= 11 is 13.7. The summed E-state index contributed by atoms with van der Waals surface area (Å²) < 4.78 is 1.88. The molecule has 3 heterocycles. The Morgan fingerprint density at radius 3 is 2.69 bits per heavy atom. The standard InChI is InChI=1S/C21H18Cl2N4OS/c1-12(14-5-7-24-8-6-14)25-20(28)19-10-17-13(2)26-27(21(17)29-19)11-15-3-4-16(22)9-18(15)23/h3-10,12H,11H2,1-2H3,(H,25,28). The van der Waals surface area contributed by atoms with E-state index in [0.29, 0.717) is 21.5 Å². The van der Waals surface area contributed by atoms with E-state index in [1.54, 1.807) is 18.5 Å². The minimum Gasteiger partial charge on any atom is -0.345 e. The Hall–Kier alpha value is -2.41. The molecule has 1 atom stereocenters. The molecule has 0 saturated heterocycles. The molecule has 0 aliphatic rings. The average Bonchev–Trinajstić information content (AvgIpc) is 3.26. The molecule has 4 rings (SSSR count). The lowest BCUT2D eigenvalue weighted by Gasteiger charge is -2.13. The van der Waals surface area contributed by atoms with Gasteiger partial charge in [0.15, 0.2) is 0 Å². The van der Waals surface area contributed by atoms with Crippen molar-refractivity contribution in [3.63, 3.8) is 0 Å². The van der Waals surface area contributed by atoms with E-state index in [2.05, 4.69) is 15.4 Å². The van der Waals surface area contributed by atoms with Gasteiger partial charge in [-0.25, -0.2) is 0 Å². The van der Waals surface area contributed by atoms with Gasteiger partial charge in [0.1, 0.15) is 4.83 Å². The fraction of sp³-hybridized carbons (Fsp3) is 0.190. The number of hydrogen-bond donors (Lipinski definition) is 1. The Morgan fingerprint density at radius 2 is 1.97 bits per heavy atom. The van der Waals surface area contributed by atoms with Gasteiger partial charge in [0, 0.05) is 27.8 Å². The topological polar surface area (TPSA) is 59.8 Å². The molecular weight excluding hydrogens is 427 g/mol. The first-order valence-electron chi connectivity index (χ1n) is 9.04. The van der Waals surface area contributed by atoms with E-state index >= 15 is 0 Å². The third-order valence-electron chi connectivity index (χ3n) is 4.72. The fourth-order valence-electron chi connectivity index (χ4n) is 3.15. The Bertz CT molecular complexity index is 1190. The molecule has 8 heteroatoms. The highest BCUT2D eigenvalue weighted by Gasteiger charge is 2.18. The van der Waals surface area contributed by atoms with E-state index in [4.69, 9.17) is 23.2 Å². The van der Waals surface area contributed by atoms with Gasteiger partial charge in [-0.05, 0) is 55.3 Å². The molecule has 148 valence electrons. The number of fused-ring (bicyclic) bond motifs is 1. The van der Waals surface area contributed by atoms with E-state index < -0.39 is 0 Å². The van der Waals surface area contributed by atoms with Crippen molar-refractivity contribution in [1.29, 1.82) is 0 Å². The van der Waals surface area contributed by atoms with Crippen molar-refractivity contribution >= 4 is 50.7 Å². The Kier molecular flexibility index (Phi) is 5.58. The molecule has 4 aromatic rings. The third kappa shape index (κ3) is 4.15. The number of pyridine rings is 1. The number of benzene rings is 1. The predicted octanol–water partition coefficient (Wildman–Crippen LogP) is 5.65. The summed E-state index contributed by atoms with van der Waals surface area (Å²) in [4.78, 5) is 18.4. The maximum atomic E-state index is 12.8. The molecule has 0 radical (unpaired) electrons. The number of carbonyl (C=O) groups excluding carboxylic acids is 1. The molecule has 29 heavy (non-hydrogen) atoms. The van der Waals surface area contributed by atoms with Gasteiger partial charge in [-0.2, -0.15) is 5.10 Å². The number of rotatable bonds is 5. The van der Waals surface area contributed by atoms with Crippen molar-refractivity contribution in [2.45, 2.75) is 26.4 Å².